The number of phenols is 1. The quantitative estimate of drug-likeness (QED) is 0.0416. The van der Waals surface area contributed by atoms with E-state index in [4.69, 9.17) is 4.74 Å². The molecule has 260 valence electrons. The molecule has 1 aliphatic heterocycles. The van der Waals surface area contributed by atoms with Crippen LogP contribution in [0.25, 0.3) is 6.08 Å². The van der Waals surface area contributed by atoms with Crippen molar-refractivity contribution in [3.05, 3.63) is 59.7 Å². The summed E-state index contributed by atoms with van der Waals surface area (Å²) >= 11 is 0. The third-order valence-corrected chi connectivity index (χ3v) is 10.0. The van der Waals surface area contributed by atoms with Crippen molar-refractivity contribution in [2.75, 3.05) is 12.3 Å². The van der Waals surface area contributed by atoms with Crippen LogP contribution >= 0.6 is 0 Å². The molecule has 0 radical (unpaired) electrons. The molecule has 2 aromatic rings. The van der Waals surface area contributed by atoms with E-state index in [2.05, 4.69) is 20.8 Å². The van der Waals surface area contributed by atoms with Crippen LogP contribution in [0.4, 0.5) is 5.69 Å². The van der Waals surface area contributed by atoms with Crippen LogP contribution in [0.2, 0.25) is 0 Å². The number of carbonyl (C=O) groups excluding carboxylic acids is 1. The number of unbranched alkanes of at least 4 members (excludes halogenated alkanes) is 14. The molecule has 0 spiro atoms. The van der Waals surface area contributed by atoms with Gasteiger partial charge in [-0.05, 0) is 38.5 Å². The summed E-state index contributed by atoms with van der Waals surface area (Å²) < 4.78 is 41.2. The summed E-state index contributed by atoms with van der Waals surface area (Å²) in [6, 6.07) is 12.8. The van der Waals surface area contributed by atoms with Crippen LogP contribution in [-0.4, -0.2) is 46.6 Å². The van der Waals surface area contributed by atoms with Crippen molar-refractivity contribution < 1.29 is 32.2 Å². The van der Waals surface area contributed by atoms with Gasteiger partial charge in [0.1, 0.15) is 18.0 Å². The second-order valence-electron chi connectivity index (χ2n) is 13.5. The number of para-hydroxylation sites is 1. The Balaban J connectivity index is 1.41. The Morgan fingerprint density at radius 2 is 1.40 bits per heavy atom. The topological polar surface area (TPSA) is 107 Å². The maximum absolute atomic E-state index is 12.4. The molecule has 1 aliphatic rings. The summed E-state index contributed by atoms with van der Waals surface area (Å²) in [5.74, 6) is -0.411. The first-order valence-electron chi connectivity index (χ1n) is 17.9. The smallest absolute Gasteiger partial charge is 0.311 e. The highest BCUT2D eigenvalue weighted by atomic mass is 32.2. The Morgan fingerprint density at radius 3 is 1.98 bits per heavy atom. The molecule has 0 amide bonds. The summed E-state index contributed by atoms with van der Waals surface area (Å²) in [5.41, 5.74) is 3.20. The number of allylic oxidation sites excluding steroid dienone is 1. The third kappa shape index (κ3) is 13.2. The van der Waals surface area contributed by atoms with Gasteiger partial charge in [0.05, 0.1) is 15.5 Å². The monoisotopic (exact) mass is 667 g/mol. The average Bonchev–Trinajstić information content (AvgIpc) is 3.23. The molecular weight excluding hydrogens is 610 g/mol. The number of aromatic hydroxyl groups is 1. The van der Waals surface area contributed by atoms with Gasteiger partial charge in [0, 0.05) is 47.9 Å². The highest BCUT2D eigenvalue weighted by Gasteiger charge is 2.43. The lowest BCUT2D eigenvalue weighted by Crippen LogP contribution is -2.28. The first-order valence-corrected chi connectivity index (χ1v) is 19.5. The van der Waals surface area contributed by atoms with Gasteiger partial charge in [-0.1, -0.05) is 115 Å². The molecule has 0 bridgehead atoms. The molecule has 8 heteroatoms. The lowest BCUT2D eigenvalue weighted by molar-refractivity contribution is -0.437. The summed E-state index contributed by atoms with van der Waals surface area (Å²) in [7, 11) is -4.30. The van der Waals surface area contributed by atoms with Gasteiger partial charge in [-0.25, -0.2) is 8.42 Å². The highest BCUT2D eigenvalue weighted by molar-refractivity contribution is 7.85. The molecule has 2 aromatic carbocycles. The van der Waals surface area contributed by atoms with Gasteiger partial charge in [-0.15, -0.1) is 0 Å². The maximum atomic E-state index is 12.4. The Labute approximate surface area is 283 Å². The highest BCUT2D eigenvalue weighted by Crippen LogP contribution is 2.40. The van der Waals surface area contributed by atoms with E-state index in [9.17, 15) is 22.9 Å². The number of benzene rings is 2. The summed E-state index contributed by atoms with van der Waals surface area (Å²) in [5, 5.41) is 10.7. The van der Waals surface area contributed by atoms with E-state index in [-0.39, 0.29) is 23.6 Å². The molecule has 7 nitrogen and oxygen atoms in total. The van der Waals surface area contributed by atoms with E-state index >= 15 is 0 Å². The minimum Gasteiger partial charge on any atom is -0.748 e. The number of hydrogen-bond acceptors (Lipinski definition) is 6. The van der Waals surface area contributed by atoms with E-state index in [1.54, 1.807) is 18.2 Å². The molecule has 0 unspecified atom stereocenters. The van der Waals surface area contributed by atoms with Gasteiger partial charge in [-0.3, -0.25) is 4.79 Å². The van der Waals surface area contributed by atoms with E-state index in [0.29, 0.717) is 24.3 Å². The molecule has 0 saturated carbocycles. The molecule has 0 saturated heterocycles. The van der Waals surface area contributed by atoms with Crippen molar-refractivity contribution in [3.63, 3.8) is 0 Å². The Kier molecular flexibility index (Phi) is 16.2. The summed E-state index contributed by atoms with van der Waals surface area (Å²) in [6.07, 6.45) is 23.4. The fraction of sp³-hybridized carbons (Fsp3) is 0.590. The Hall–Kier alpha value is -2.97. The van der Waals surface area contributed by atoms with Crippen LogP contribution < -0.4 is 4.74 Å². The molecule has 47 heavy (non-hydrogen) atoms. The van der Waals surface area contributed by atoms with Gasteiger partial charge in [0.15, 0.2) is 5.71 Å². The van der Waals surface area contributed by atoms with Gasteiger partial charge in [-0.2, -0.15) is 4.58 Å². The Morgan fingerprint density at radius 1 is 0.830 bits per heavy atom. The zero-order chi connectivity index (χ0) is 34.1. The predicted octanol–water partition coefficient (Wildman–Crippen LogP) is 9.58. The van der Waals surface area contributed by atoms with Crippen LogP contribution in [0.3, 0.4) is 0 Å². The van der Waals surface area contributed by atoms with Crippen LogP contribution in [0.15, 0.2) is 48.5 Å². The number of phenolic OH excluding ortho intramolecular Hbond substituents is 1. The summed E-state index contributed by atoms with van der Waals surface area (Å²) in [6.45, 7) is 6.83. The average molecular weight is 668 g/mol. The van der Waals surface area contributed by atoms with Crippen LogP contribution in [-0.2, 0) is 20.3 Å². The fourth-order valence-electron chi connectivity index (χ4n) is 6.50. The third-order valence-electron chi connectivity index (χ3n) is 9.21. The molecular formula is C39H57NO6S. The lowest BCUT2D eigenvalue weighted by Gasteiger charge is -2.15. The summed E-state index contributed by atoms with van der Waals surface area (Å²) in [4.78, 5) is 12.4. The van der Waals surface area contributed by atoms with Gasteiger partial charge in [0.2, 0.25) is 5.69 Å². The fourth-order valence-corrected chi connectivity index (χ4v) is 6.98. The SMILES string of the molecule is CCCCCCCCCCCCCCCCCC(=O)Oc1ccc(/C=C/C2=[N+](CCCS(=O)(=O)[O-])c3ccccc3C2(C)C)c(O)c1. The van der Waals surface area contributed by atoms with E-state index in [0.717, 1.165) is 36.2 Å². The number of nitrogens with zero attached hydrogens (tertiary/aromatic N) is 1. The zero-order valence-corrected chi connectivity index (χ0v) is 29.8. The molecule has 0 aliphatic carbocycles. The number of fused-ring (bicyclic) bond motifs is 1. The van der Waals surface area contributed by atoms with Crippen molar-refractivity contribution in [1.82, 2.24) is 0 Å². The molecule has 3 rings (SSSR count). The predicted molar refractivity (Wildman–Crippen MR) is 191 cm³/mol. The van der Waals surface area contributed by atoms with Crippen molar-refractivity contribution in [2.24, 2.45) is 0 Å². The zero-order valence-electron chi connectivity index (χ0n) is 29.0. The number of hydrogen-bond donors (Lipinski definition) is 1. The molecule has 1 N–H and O–H groups in total. The van der Waals surface area contributed by atoms with Crippen LogP contribution in [0.5, 0.6) is 11.5 Å². The number of ether oxygens (including phenoxy) is 1. The van der Waals surface area contributed by atoms with E-state index in [1.807, 2.05) is 34.9 Å². The number of carbonyl (C=O) groups is 1. The molecule has 1 heterocycles. The van der Waals surface area contributed by atoms with Gasteiger partial charge in [0.25, 0.3) is 0 Å². The van der Waals surface area contributed by atoms with Crippen molar-refractivity contribution in [2.45, 2.75) is 135 Å². The van der Waals surface area contributed by atoms with E-state index < -0.39 is 15.9 Å². The van der Waals surface area contributed by atoms with Crippen LogP contribution in [0.1, 0.15) is 141 Å². The van der Waals surface area contributed by atoms with Crippen molar-refractivity contribution in [1.29, 1.82) is 0 Å². The van der Waals surface area contributed by atoms with E-state index in [1.165, 1.54) is 83.1 Å². The van der Waals surface area contributed by atoms with Crippen molar-refractivity contribution in [3.8, 4) is 11.5 Å². The standard InChI is InChI=1S/C39H57NO6S/c1-4-5-6-7-8-9-10-11-12-13-14-15-16-17-18-24-38(42)46-33-27-25-32(36(41)31-33)26-28-37-39(2,3)34-22-19-20-23-35(34)40(37)29-21-30-47(43,44)45/h19-20,22-23,25-28,31H,4-18,21,24,29-30H2,1-3H3,(H,43,44,45). The Bertz CT molecular complexity index is 1440. The minimum absolute atomic E-state index is 0.00330. The second kappa shape index (κ2) is 19.8. The van der Waals surface area contributed by atoms with Gasteiger partial charge >= 0.3 is 5.97 Å². The van der Waals surface area contributed by atoms with Crippen molar-refractivity contribution >= 4 is 33.6 Å². The first kappa shape index (κ1) is 38.5. The lowest BCUT2D eigenvalue weighted by atomic mass is 9.81. The molecule has 0 atom stereocenters. The molecule has 0 aromatic heterocycles. The first-order chi connectivity index (χ1) is 22.5. The normalized spacial score (nSPS) is 14.2. The number of esters is 1. The minimum atomic E-state index is -4.30. The largest absolute Gasteiger partial charge is 0.748 e. The molecule has 0 fully saturated rings. The second-order valence-corrected chi connectivity index (χ2v) is 15.0. The van der Waals surface area contributed by atoms with Crippen LogP contribution in [0, 0.1) is 0 Å². The number of rotatable bonds is 23. The van der Waals surface area contributed by atoms with Gasteiger partial charge < -0.3 is 14.4 Å². The maximum Gasteiger partial charge on any atom is 0.311 e.